The van der Waals surface area contributed by atoms with Gasteiger partial charge in [-0.2, -0.15) is 0 Å². The molecule has 1 aliphatic rings. The van der Waals surface area contributed by atoms with Crippen molar-refractivity contribution in [2.24, 2.45) is 5.92 Å². The number of hydrogen-bond acceptors (Lipinski definition) is 1. The van der Waals surface area contributed by atoms with Crippen molar-refractivity contribution >= 4 is 11.0 Å². The highest BCUT2D eigenvalue weighted by molar-refractivity contribution is 5.74. The summed E-state index contributed by atoms with van der Waals surface area (Å²) in [5.41, 5.74) is 2.29. The molecule has 0 fully saturated rings. The topological polar surface area (TPSA) is 17.8 Å². The first kappa shape index (κ1) is 8.48. The van der Waals surface area contributed by atoms with Crippen LogP contribution in [0.3, 0.4) is 0 Å². The van der Waals surface area contributed by atoms with Gasteiger partial charge in [-0.1, -0.05) is 36.4 Å². The average Bonchev–Trinajstić information content (AvgIpc) is 2.89. The maximum absolute atomic E-state index is 4.38. The molecule has 2 nitrogen and oxygen atoms in total. The van der Waals surface area contributed by atoms with E-state index in [-0.39, 0.29) is 0 Å². The summed E-state index contributed by atoms with van der Waals surface area (Å²) >= 11 is 0. The van der Waals surface area contributed by atoms with Gasteiger partial charge in [-0.05, 0) is 12.1 Å². The number of fused-ring (bicyclic) bond motifs is 1. The maximum Gasteiger partial charge on any atom is 0.0958 e. The smallest absolute Gasteiger partial charge is 0.0958 e. The highest BCUT2D eigenvalue weighted by atomic mass is 15.0. The van der Waals surface area contributed by atoms with Gasteiger partial charge in [0.2, 0.25) is 0 Å². The number of para-hydroxylation sites is 2. The Morgan fingerprint density at radius 2 is 1.93 bits per heavy atom. The predicted molar refractivity (Wildman–Crippen MR) is 61.5 cm³/mol. The van der Waals surface area contributed by atoms with Gasteiger partial charge in [0.15, 0.2) is 0 Å². The van der Waals surface area contributed by atoms with E-state index in [0.717, 1.165) is 12.1 Å². The third-order valence-electron chi connectivity index (χ3n) is 2.76. The lowest BCUT2D eigenvalue weighted by Crippen LogP contribution is -2.03. The molecule has 1 heterocycles. The molecule has 0 N–H and O–H groups in total. The van der Waals surface area contributed by atoms with Gasteiger partial charge in [-0.15, -0.1) is 0 Å². The van der Waals surface area contributed by atoms with Crippen molar-refractivity contribution in [1.82, 2.24) is 9.55 Å². The molecular weight excluding hydrogens is 184 g/mol. The number of hydrogen-bond donors (Lipinski definition) is 0. The van der Waals surface area contributed by atoms with Crippen molar-refractivity contribution in [1.29, 1.82) is 0 Å². The standard InChI is InChI=1S/C13H12N2/c1-2-6-11(5-1)9-15-10-14-12-7-3-4-8-13(12)15/h1-8,10-11H,9H2. The minimum absolute atomic E-state index is 0.516. The SMILES string of the molecule is C1=CC(Cn2cnc3ccccc32)C=C1. The van der Waals surface area contributed by atoms with Crippen LogP contribution >= 0.6 is 0 Å². The van der Waals surface area contributed by atoms with Gasteiger partial charge in [0, 0.05) is 12.5 Å². The highest BCUT2D eigenvalue weighted by Gasteiger charge is 2.07. The van der Waals surface area contributed by atoms with Crippen LogP contribution in [0.15, 0.2) is 54.9 Å². The summed E-state index contributed by atoms with van der Waals surface area (Å²) in [4.78, 5) is 4.38. The lowest BCUT2D eigenvalue weighted by atomic mass is 10.2. The summed E-state index contributed by atoms with van der Waals surface area (Å²) in [5.74, 6) is 0.516. The van der Waals surface area contributed by atoms with Gasteiger partial charge >= 0.3 is 0 Å². The molecule has 1 aromatic carbocycles. The zero-order valence-corrected chi connectivity index (χ0v) is 8.38. The number of aromatic nitrogens is 2. The molecule has 0 bridgehead atoms. The fraction of sp³-hybridized carbons (Fsp3) is 0.154. The minimum Gasteiger partial charge on any atom is -0.330 e. The molecule has 1 aromatic heterocycles. The maximum atomic E-state index is 4.38. The molecule has 0 radical (unpaired) electrons. The van der Waals surface area contributed by atoms with Crippen LogP contribution in [0, 0.1) is 5.92 Å². The normalized spacial score (nSPS) is 15.5. The Labute approximate surface area is 88.6 Å². The Kier molecular flexibility index (Phi) is 1.91. The predicted octanol–water partition coefficient (Wildman–Crippen LogP) is 2.78. The lowest BCUT2D eigenvalue weighted by molar-refractivity contribution is 0.634. The second kappa shape index (κ2) is 3.39. The Bertz CT molecular complexity index is 522. The molecule has 2 aromatic rings. The summed E-state index contributed by atoms with van der Waals surface area (Å²) in [7, 11) is 0. The zero-order valence-electron chi connectivity index (χ0n) is 8.38. The molecular formula is C13H12N2. The molecule has 0 saturated heterocycles. The van der Waals surface area contributed by atoms with Crippen molar-refractivity contribution < 1.29 is 0 Å². The number of rotatable bonds is 2. The van der Waals surface area contributed by atoms with Crippen LogP contribution in [0.2, 0.25) is 0 Å². The number of nitrogens with zero attached hydrogens (tertiary/aromatic N) is 2. The van der Waals surface area contributed by atoms with E-state index >= 15 is 0 Å². The second-order valence-electron chi connectivity index (χ2n) is 3.82. The third kappa shape index (κ3) is 1.48. The first-order chi connectivity index (χ1) is 7.43. The Morgan fingerprint density at radius 3 is 2.80 bits per heavy atom. The van der Waals surface area contributed by atoms with E-state index in [9.17, 15) is 0 Å². The lowest BCUT2D eigenvalue weighted by Gasteiger charge is -2.07. The van der Waals surface area contributed by atoms with Gasteiger partial charge in [0.05, 0.1) is 17.4 Å². The highest BCUT2D eigenvalue weighted by Crippen LogP contribution is 2.17. The summed E-state index contributed by atoms with van der Waals surface area (Å²) in [6.07, 6.45) is 10.6. The van der Waals surface area contributed by atoms with Gasteiger partial charge in [-0.25, -0.2) is 4.98 Å². The van der Waals surface area contributed by atoms with E-state index in [2.05, 4.69) is 46.0 Å². The summed E-state index contributed by atoms with van der Waals surface area (Å²) in [6, 6.07) is 8.24. The van der Waals surface area contributed by atoms with E-state index in [0.29, 0.717) is 5.92 Å². The molecule has 0 unspecified atom stereocenters. The third-order valence-corrected chi connectivity index (χ3v) is 2.76. The van der Waals surface area contributed by atoms with Crippen LogP contribution < -0.4 is 0 Å². The summed E-state index contributed by atoms with van der Waals surface area (Å²) < 4.78 is 2.21. The van der Waals surface area contributed by atoms with Gasteiger partial charge in [-0.3, -0.25) is 0 Å². The van der Waals surface area contributed by atoms with E-state index in [1.54, 1.807) is 0 Å². The summed E-state index contributed by atoms with van der Waals surface area (Å²) in [5, 5.41) is 0. The fourth-order valence-electron chi connectivity index (χ4n) is 1.98. The molecule has 0 spiro atoms. The Hall–Kier alpha value is -1.83. The molecule has 0 saturated carbocycles. The average molecular weight is 196 g/mol. The second-order valence-corrected chi connectivity index (χ2v) is 3.82. The zero-order chi connectivity index (χ0) is 10.1. The summed E-state index contributed by atoms with van der Waals surface area (Å²) in [6.45, 7) is 0.980. The fourth-order valence-corrected chi connectivity index (χ4v) is 1.98. The van der Waals surface area contributed by atoms with Crippen molar-refractivity contribution in [2.45, 2.75) is 6.54 Å². The molecule has 3 rings (SSSR count). The molecule has 74 valence electrons. The van der Waals surface area contributed by atoms with Crippen LogP contribution in [0.1, 0.15) is 0 Å². The van der Waals surface area contributed by atoms with Crippen LogP contribution in [-0.2, 0) is 6.54 Å². The Morgan fingerprint density at radius 1 is 1.13 bits per heavy atom. The van der Waals surface area contributed by atoms with E-state index < -0.39 is 0 Å². The quantitative estimate of drug-likeness (QED) is 0.722. The van der Waals surface area contributed by atoms with E-state index in [1.807, 2.05) is 18.5 Å². The van der Waals surface area contributed by atoms with Crippen LogP contribution in [0.5, 0.6) is 0 Å². The molecule has 0 atom stereocenters. The van der Waals surface area contributed by atoms with Crippen molar-refractivity contribution in [3.05, 3.63) is 54.9 Å². The minimum atomic E-state index is 0.516. The number of imidazole rings is 1. The molecule has 15 heavy (non-hydrogen) atoms. The van der Waals surface area contributed by atoms with E-state index in [1.165, 1.54) is 5.52 Å². The monoisotopic (exact) mass is 196 g/mol. The van der Waals surface area contributed by atoms with Crippen molar-refractivity contribution in [2.75, 3.05) is 0 Å². The van der Waals surface area contributed by atoms with Gasteiger partial charge in [0.25, 0.3) is 0 Å². The molecule has 0 aliphatic heterocycles. The largest absolute Gasteiger partial charge is 0.330 e. The van der Waals surface area contributed by atoms with Crippen molar-refractivity contribution in [3.63, 3.8) is 0 Å². The molecule has 0 amide bonds. The van der Waals surface area contributed by atoms with Crippen molar-refractivity contribution in [3.8, 4) is 0 Å². The van der Waals surface area contributed by atoms with E-state index in [4.69, 9.17) is 0 Å². The van der Waals surface area contributed by atoms with Gasteiger partial charge < -0.3 is 4.57 Å². The van der Waals surface area contributed by atoms with Crippen LogP contribution in [0.4, 0.5) is 0 Å². The Balaban J connectivity index is 1.97. The first-order valence-corrected chi connectivity index (χ1v) is 5.18. The van der Waals surface area contributed by atoms with Crippen LogP contribution in [-0.4, -0.2) is 9.55 Å². The molecule has 2 heteroatoms. The number of benzene rings is 1. The van der Waals surface area contributed by atoms with Gasteiger partial charge in [0.1, 0.15) is 0 Å². The first-order valence-electron chi connectivity index (χ1n) is 5.18. The number of allylic oxidation sites excluding steroid dienone is 4. The molecule has 1 aliphatic carbocycles. The van der Waals surface area contributed by atoms with Crippen LogP contribution in [0.25, 0.3) is 11.0 Å².